The number of nitrogens with one attached hydrogen (secondary N) is 2. The summed E-state index contributed by atoms with van der Waals surface area (Å²) in [4.78, 5) is 47.9. The van der Waals surface area contributed by atoms with Crippen LogP contribution in [0, 0.1) is 5.82 Å². The summed E-state index contributed by atoms with van der Waals surface area (Å²) in [5.41, 5.74) is 3.84. The number of amides is 1. The zero-order valence-electron chi connectivity index (χ0n) is 19.3. The van der Waals surface area contributed by atoms with E-state index >= 15 is 0 Å². The third-order valence-corrected chi connectivity index (χ3v) is 4.80. The molecule has 0 unspecified atom stereocenters. The standard InChI is InChI=1S/C22H20ClFN6O7/c1-2-35-22(34)37-12-36-21(33)18(31)11-30(27-20(32)19-25-28-29-26-19)10-13-3-5-14(6-4-13)16-9-15(23)7-8-17(16)24/h3-9H,2,10-12H2,1H3,(H,27,32)(H,25,26,28,29). The highest BCUT2D eigenvalue weighted by atomic mass is 35.5. The predicted octanol–water partition coefficient (Wildman–Crippen LogP) is 2.05. The van der Waals surface area contributed by atoms with Crippen LogP contribution in [0.5, 0.6) is 0 Å². The first-order valence-corrected chi connectivity index (χ1v) is 11.0. The molecule has 3 aromatic rings. The molecule has 37 heavy (non-hydrogen) atoms. The highest BCUT2D eigenvalue weighted by molar-refractivity contribution is 6.34. The van der Waals surface area contributed by atoms with Crippen LogP contribution < -0.4 is 5.43 Å². The minimum Gasteiger partial charge on any atom is -0.435 e. The third kappa shape index (κ3) is 8.05. The number of aromatic amines is 1. The topological polar surface area (TPSA) is 166 Å². The Kier molecular flexibility index (Phi) is 9.57. The van der Waals surface area contributed by atoms with Crippen molar-refractivity contribution in [2.75, 3.05) is 19.9 Å². The second kappa shape index (κ2) is 13.0. The number of tetrazole rings is 1. The average Bonchev–Trinajstić information content (AvgIpc) is 3.41. The SMILES string of the molecule is CCOC(=O)OCOC(=O)C(=O)CN(Cc1ccc(-c2cc(Cl)ccc2F)cc1)NC(=O)c1nn[nH]n1. The molecule has 0 atom stereocenters. The van der Waals surface area contributed by atoms with Crippen molar-refractivity contribution >= 4 is 35.4 Å². The lowest BCUT2D eigenvalue weighted by Crippen LogP contribution is -2.46. The number of aromatic nitrogens is 4. The molecule has 0 spiro atoms. The Balaban J connectivity index is 1.68. The van der Waals surface area contributed by atoms with Crippen molar-refractivity contribution in [3.05, 3.63) is 64.7 Å². The Labute approximate surface area is 213 Å². The van der Waals surface area contributed by atoms with Crippen molar-refractivity contribution < 1.29 is 37.8 Å². The maximum atomic E-state index is 14.2. The van der Waals surface area contributed by atoms with Crippen LogP contribution >= 0.6 is 11.6 Å². The zero-order valence-corrected chi connectivity index (χ0v) is 20.0. The summed E-state index contributed by atoms with van der Waals surface area (Å²) < 4.78 is 27.8. The van der Waals surface area contributed by atoms with Crippen molar-refractivity contribution in [3.63, 3.8) is 0 Å². The first kappa shape index (κ1) is 27.2. The van der Waals surface area contributed by atoms with Crippen LogP contribution in [0.3, 0.4) is 0 Å². The number of ether oxygens (including phenoxy) is 3. The van der Waals surface area contributed by atoms with Crippen LogP contribution in [0.4, 0.5) is 9.18 Å². The van der Waals surface area contributed by atoms with Crippen molar-refractivity contribution in [3.8, 4) is 11.1 Å². The molecule has 0 saturated carbocycles. The van der Waals surface area contributed by atoms with Crippen LogP contribution in [0.1, 0.15) is 23.1 Å². The molecule has 1 amide bonds. The van der Waals surface area contributed by atoms with E-state index in [-0.39, 0.29) is 19.0 Å². The first-order chi connectivity index (χ1) is 17.8. The summed E-state index contributed by atoms with van der Waals surface area (Å²) in [6.07, 6.45) is -1.07. The fraction of sp³-hybridized carbons (Fsp3) is 0.227. The fourth-order valence-electron chi connectivity index (χ4n) is 2.92. The molecule has 0 fully saturated rings. The van der Waals surface area contributed by atoms with Crippen molar-refractivity contribution in [1.29, 1.82) is 0 Å². The average molecular weight is 535 g/mol. The molecule has 0 bridgehead atoms. The monoisotopic (exact) mass is 534 g/mol. The highest BCUT2D eigenvalue weighted by Crippen LogP contribution is 2.26. The number of hydrazine groups is 1. The van der Waals surface area contributed by atoms with Gasteiger partial charge < -0.3 is 14.2 Å². The number of Topliss-reactive ketones (excluding diaryl/α,β-unsaturated/α-hetero) is 1. The number of esters is 1. The molecule has 2 N–H and O–H groups in total. The maximum absolute atomic E-state index is 14.2. The van der Waals surface area contributed by atoms with Gasteiger partial charge in [-0.1, -0.05) is 35.9 Å². The summed E-state index contributed by atoms with van der Waals surface area (Å²) in [5.74, 6) is -3.94. The summed E-state index contributed by atoms with van der Waals surface area (Å²) in [7, 11) is 0. The zero-order chi connectivity index (χ0) is 26.8. The van der Waals surface area contributed by atoms with E-state index < -0.39 is 43.0 Å². The number of hydrogen-bond acceptors (Lipinski definition) is 11. The molecule has 2 aromatic carbocycles. The molecule has 194 valence electrons. The van der Waals surface area contributed by atoms with Gasteiger partial charge in [-0.05, 0) is 41.5 Å². The molecular weight excluding hydrogens is 515 g/mol. The van der Waals surface area contributed by atoms with Crippen LogP contribution in [0.25, 0.3) is 11.1 Å². The first-order valence-electron chi connectivity index (χ1n) is 10.6. The largest absolute Gasteiger partial charge is 0.511 e. The van der Waals surface area contributed by atoms with E-state index in [1.165, 1.54) is 18.2 Å². The van der Waals surface area contributed by atoms with Gasteiger partial charge >= 0.3 is 18.0 Å². The molecular formula is C22H20ClFN6O7. The Hall–Kier alpha value is -4.43. The minimum atomic E-state index is -1.31. The number of hydrogen-bond donors (Lipinski definition) is 2. The molecule has 0 aliphatic rings. The number of rotatable bonds is 11. The van der Waals surface area contributed by atoms with Gasteiger partial charge in [0.15, 0.2) is 0 Å². The molecule has 0 saturated heterocycles. The number of carbonyl (C=O) groups is 4. The number of benzene rings is 2. The van der Waals surface area contributed by atoms with Crippen LogP contribution in [-0.4, -0.2) is 69.4 Å². The Morgan fingerprint density at radius 3 is 2.51 bits per heavy atom. The van der Waals surface area contributed by atoms with Gasteiger partial charge in [0.2, 0.25) is 6.79 Å². The number of carbonyl (C=O) groups excluding carboxylic acids is 4. The number of H-pyrrole nitrogens is 1. The van der Waals surface area contributed by atoms with E-state index in [2.05, 4.69) is 40.3 Å². The van der Waals surface area contributed by atoms with Crippen molar-refractivity contribution in [2.45, 2.75) is 13.5 Å². The van der Waals surface area contributed by atoms with E-state index in [0.717, 1.165) is 5.01 Å². The fourth-order valence-corrected chi connectivity index (χ4v) is 3.10. The lowest BCUT2D eigenvalue weighted by Gasteiger charge is -2.21. The Morgan fingerprint density at radius 2 is 1.84 bits per heavy atom. The second-order valence-corrected chi connectivity index (χ2v) is 7.59. The van der Waals surface area contributed by atoms with Crippen LogP contribution in [-0.2, 0) is 30.3 Å². The third-order valence-electron chi connectivity index (χ3n) is 4.57. The van der Waals surface area contributed by atoms with E-state index in [0.29, 0.717) is 21.7 Å². The molecule has 1 heterocycles. The molecule has 13 nitrogen and oxygen atoms in total. The second-order valence-electron chi connectivity index (χ2n) is 7.15. The molecule has 0 aliphatic carbocycles. The number of halogens is 2. The van der Waals surface area contributed by atoms with E-state index in [1.807, 2.05) is 0 Å². The Morgan fingerprint density at radius 1 is 1.08 bits per heavy atom. The smallest absolute Gasteiger partial charge is 0.435 e. The normalized spacial score (nSPS) is 10.6. The van der Waals surface area contributed by atoms with Gasteiger partial charge in [-0.3, -0.25) is 15.0 Å². The van der Waals surface area contributed by atoms with Gasteiger partial charge in [-0.25, -0.2) is 19.0 Å². The van der Waals surface area contributed by atoms with E-state index in [9.17, 15) is 23.6 Å². The molecule has 15 heteroatoms. The summed E-state index contributed by atoms with van der Waals surface area (Å²) in [5, 5.41) is 14.0. The Bertz CT molecular complexity index is 1260. The van der Waals surface area contributed by atoms with Crippen LogP contribution in [0.2, 0.25) is 5.02 Å². The van der Waals surface area contributed by atoms with Gasteiger partial charge in [0.25, 0.3) is 11.6 Å². The van der Waals surface area contributed by atoms with Gasteiger partial charge in [-0.2, -0.15) is 5.21 Å². The highest BCUT2D eigenvalue weighted by Gasteiger charge is 2.23. The number of ketones is 1. The molecule has 0 aliphatic heterocycles. The summed E-state index contributed by atoms with van der Waals surface area (Å²) in [6, 6.07) is 10.7. The molecule has 0 radical (unpaired) electrons. The van der Waals surface area contributed by atoms with E-state index in [1.54, 1.807) is 31.2 Å². The van der Waals surface area contributed by atoms with Crippen LogP contribution in [0.15, 0.2) is 42.5 Å². The summed E-state index contributed by atoms with van der Waals surface area (Å²) >= 11 is 5.96. The summed E-state index contributed by atoms with van der Waals surface area (Å²) in [6.45, 7) is 0.0972. The van der Waals surface area contributed by atoms with Gasteiger partial charge in [0, 0.05) is 17.1 Å². The predicted molar refractivity (Wildman–Crippen MR) is 123 cm³/mol. The lowest BCUT2D eigenvalue weighted by atomic mass is 10.0. The lowest BCUT2D eigenvalue weighted by molar-refractivity contribution is -0.161. The van der Waals surface area contributed by atoms with Gasteiger partial charge in [0.1, 0.15) is 5.82 Å². The van der Waals surface area contributed by atoms with Gasteiger partial charge in [0.05, 0.1) is 13.2 Å². The molecule has 1 aromatic heterocycles. The van der Waals surface area contributed by atoms with Crippen molar-refractivity contribution in [1.82, 2.24) is 31.1 Å². The number of nitrogens with zero attached hydrogens (tertiary/aromatic N) is 4. The quantitative estimate of drug-likeness (QED) is 0.160. The maximum Gasteiger partial charge on any atom is 0.511 e. The minimum absolute atomic E-state index is 0.0513. The molecule has 3 rings (SSSR count). The van der Waals surface area contributed by atoms with E-state index in [4.69, 9.17) is 11.6 Å². The van der Waals surface area contributed by atoms with Gasteiger partial charge in [-0.15, -0.1) is 10.2 Å². The van der Waals surface area contributed by atoms with Crippen molar-refractivity contribution in [2.24, 2.45) is 0 Å².